The van der Waals surface area contributed by atoms with Crippen LogP contribution in [0.1, 0.15) is 10.5 Å². The number of rotatable bonds is 6. The van der Waals surface area contributed by atoms with E-state index in [1.807, 2.05) is 55.4 Å². The van der Waals surface area contributed by atoms with Gasteiger partial charge >= 0.3 is 0 Å². The van der Waals surface area contributed by atoms with Crippen molar-refractivity contribution in [1.29, 1.82) is 0 Å². The van der Waals surface area contributed by atoms with E-state index in [1.165, 1.54) is 12.1 Å². The third kappa shape index (κ3) is 4.21. The number of nitrogens with zero attached hydrogens (tertiary/aromatic N) is 4. The average molecular weight is 403 g/mol. The highest BCUT2D eigenvalue weighted by molar-refractivity contribution is 5.94. The summed E-state index contributed by atoms with van der Waals surface area (Å²) in [6, 6.07) is 19.3. The summed E-state index contributed by atoms with van der Waals surface area (Å²) in [5, 5.41) is 7.55. The molecule has 0 aliphatic carbocycles. The molecular formula is C23H22FN5O. The lowest BCUT2D eigenvalue weighted by Gasteiger charge is -2.12. The summed E-state index contributed by atoms with van der Waals surface area (Å²) in [4.78, 5) is 19.6. The van der Waals surface area contributed by atoms with Crippen molar-refractivity contribution in [1.82, 2.24) is 24.8 Å². The minimum absolute atomic E-state index is 0.240. The lowest BCUT2D eigenvalue weighted by molar-refractivity contribution is 0.0943. The second-order valence-corrected chi connectivity index (χ2v) is 7.26. The summed E-state index contributed by atoms with van der Waals surface area (Å²) < 4.78 is 14.9. The first-order valence-corrected chi connectivity index (χ1v) is 9.66. The zero-order valence-electron chi connectivity index (χ0n) is 16.8. The Morgan fingerprint density at radius 3 is 2.40 bits per heavy atom. The van der Waals surface area contributed by atoms with Crippen LogP contribution in [0.2, 0.25) is 0 Å². The number of hydrogen-bond donors (Lipinski definition) is 1. The van der Waals surface area contributed by atoms with E-state index in [4.69, 9.17) is 0 Å². The van der Waals surface area contributed by atoms with E-state index in [0.717, 1.165) is 23.4 Å². The van der Waals surface area contributed by atoms with Gasteiger partial charge in [-0.15, -0.1) is 0 Å². The van der Waals surface area contributed by atoms with Crippen LogP contribution < -0.4 is 5.32 Å². The number of carbonyl (C=O) groups is 1. The topological polar surface area (TPSA) is 62.5 Å². The van der Waals surface area contributed by atoms with Crippen LogP contribution in [0, 0.1) is 5.82 Å². The second kappa shape index (κ2) is 8.42. The maximum atomic E-state index is 13.4. The molecule has 1 amide bonds. The molecule has 152 valence electrons. The SMILES string of the molecule is CN(C)CCNC(=O)c1cc(-c2ccc(F)cc2)nc2cc(-c3ccccc3)nn12. The molecule has 0 aliphatic rings. The lowest BCUT2D eigenvalue weighted by Crippen LogP contribution is -2.32. The molecule has 4 aromatic rings. The van der Waals surface area contributed by atoms with Gasteiger partial charge in [0.25, 0.3) is 5.91 Å². The molecule has 0 saturated carbocycles. The molecule has 7 heteroatoms. The van der Waals surface area contributed by atoms with Crippen molar-refractivity contribution in [2.75, 3.05) is 27.2 Å². The second-order valence-electron chi connectivity index (χ2n) is 7.26. The molecule has 30 heavy (non-hydrogen) atoms. The zero-order valence-corrected chi connectivity index (χ0v) is 16.8. The largest absolute Gasteiger partial charge is 0.349 e. The van der Waals surface area contributed by atoms with Gasteiger partial charge in [0.2, 0.25) is 0 Å². The molecule has 4 rings (SSSR count). The predicted molar refractivity (Wildman–Crippen MR) is 115 cm³/mol. The molecule has 0 saturated heterocycles. The molecular weight excluding hydrogens is 381 g/mol. The van der Waals surface area contributed by atoms with Crippen LogP contribution >= 0.6 is 0 Å². The molecule has 1 N–H and O–H groups in total. The third-order valence-electron chi connectivity index (χ3n) is 4.71. The number of nitrogens with one attached hydrogen (secondary N) is 1. The number of benzene rings is 2. The summed E-state index contributed by atoms with van der Waals surface area (Å²) in [7, 11) is 3.89. The number of aromatic nitrogens is 3. The number of halogens is 1. The van der Waals surface area contributed by atoms with Gasteiger partial charge in [-0.2, -0.15) is 5.10 Å². The number of carbonyl (C=O) groups excluding carboxylic acids is 1. The minimum Gasteiger partial charge on any atom is -0.349 e. The van der Waals surface area contributed by atoms with Crippen LogP contribution in [-0.4, -0.2) is 52.6 Å². The fraction of sp³-hybridized carbons (Fsp3) is 0.174. The summed E-state index contributed by atoms with van der Waals surface area (Å²) in [6.07, 6.45) is 0. The molecule has 0 aliphatic heterocycles. The van der Waals surface area contributed by atoms with Gasteiger partial charge in [-0.05, 0) is 44.4 Å². The molecule has 0 spiro atoms. The van der Waals surface area contributed by atoms with E-state index in [9.17, 15) is 9.18 Å². The van der Waals surface area contributed by atoms with Gasteiger partial charge in [0.1, 0.15) is 11.5 Å². The molecule has 2 heterocycles. The summed E-state index contributed by atoms with van der Waals surface area (Å²) in [5.41, 5.74) is 3.89. The lowest BCUT2D eigenvalue weighted by atomic mass is 10.1. The minimum atomic E-state index is -0.322. The first kappa shape index (κ1) is 19.7. The number of amides is 1. The smallest absolute Gasteiger partial charge is 0.270 e. The Labute approximate surface area is 174 Å². The van der Waals surface area contributed by atoms with Gasteiger partial charge < -0.3 is 10.2 Å². The van der Waals surface area contributed by atoms with Crippen LogP contribution in [0.15, 0.2) is 66.7 Å². The van der Waals surface area contributed by atoms with Crippen LogP contribution in [0.5, 0.6) is 0 Å². The molecule has 2 aromatic carbocycles. The number of hydrogen-bond acceptors (Lipinski definition) is 4. The van der Waals surface area contributed by atoms with E-state index in [0.29, 0.717) is 23.6 Å². The van der Waals surface area contributed by atoms with Crippen molar-refractivity contribution in [3.8, 4) is 22.5 Å². The van der Waals surface area contributed by atoms with E-state index >= 15 is 0 Å². The Balaban J connectivity index is 1.80. The molecule has 0 fully saturated rings. The number of likely N-dealkylation sites (N-methyl/N-ethyl adjacent to an activating group) is 1. The summed E-state index contributed by atoms with van der Waals surface area (Å²) in [5.74, 6) is -0.562. The highest BCUT2D eigenvalue weighted by atomic mass is 19.1. The van der Waals surface area contributed by atoms with Crippen molar-refractivity contribution in [2.45, 2.75) is 0 Å². The zero-order chi connectivity index (χ0) is 21.1. The van der Waals surface area contributed by atoms with Crippen molar-refractivity contribution in [3.63, 3.8) is 0 Å². The van der Waals surface area contributed by atoms with Crippen molar-refractivity contribution in [2.24, 2.45) is 0 Å². The van der Waals surface area contributed by atoms with E-state index in [2.05, 4.69) is 15.4 Å². The van der Waals surface area contributed by atoms with Crippen molar-refractivity contribution in [3.05, 3.63) is 78.2 Å². The summed E-state index contributed by atoms with van der Waals surface area (Å²) >= 11 is 0. The molecule has 0 bridgehead atoms. The Kier molecular flexibility index (Phi) is 5.54. The summed E-state index contributed by atoms with van der Waals surface area (Å²) in [6.45, 7) is 1.23. The van der Waals surface area contributed by atoms with Crippen molar-refractivity contribution < 1.29 is 9.18 Å². The average Bonchev–Trinajstić information content (AvgIpc) is 3.18. The van der Waals surface area contributed by atoms with Crippen molar-refractivity contribution >= 4 is 11.6 Å². The maximum Gasteiger partial charge on any atom is 0.270 e. The molecule has 0 unspecified atom stereocenters. The molecule has 6 nitrogen and oxygen atoms in total. The first-order valence-electron chi connectivity index (χ1n) is 9.66. The monoisotopic (exact) mass is 403 g/mol. The normalized spacial score (nSPS) is 11.2. The molecule has 0 radical (unpaired) electrons. The predicted octanol–water partition coefficient (Wildman–Crippen LogP) is 3.49. The van der Waals surface area contributed by atoms with Crippen LogP contribution in [0.3, 0.4) is 0 Å². The molecule has 0 atom stereocenters. The Bertz CT molecular complexity index is 1170. The quantitative estimate of drug-likeness (QED) is 0.535. The van der Waals surface area contributed by atoms with Gasteiger partial charge in [0, 0.05) is 30.3 Å². The Morgan fingerprint density at radius 1 is 1.00 bits per heavy atom. The van der Waals surface area contributed by atoms with E-state index < -0.39 is 0 Å². The third-order valence-corrected chi connectivity index (χ3v) is 4.71. The molecule has 2 aromatic heterocycles. The highest BCUT2D eigenvalue weighted by Crippen LogP contribution is 2.24. The van der Waals surface area contributed by atoms with Crippen LogP contribution in [0.4, 0.5) is 4.39 Å². The maximum absolute atomic E-state index is 13.4. The van der Waals surface area contributed by atoms with E-state index in [1.54, 1.807) is 22.7 Å². The van der Waals surface area contributed by atoms with Gasteiger partial charge in [-0.1, -0.05) is 30.3 Å². The van der Waals surface area contributed by atoms with Gasteiger partial charge in [0.05, 0.1) is 11.4 Å². The van der Waals surface area contributed by atoms with Gasteiger partial charge in [-0.25, -0.2) is 13.9 Å². The Morgan fingerprint density at radius 2 is 1.70 bits per heavy atom. The van der Waals surface area contributed by atoms with Gasteiger partial charge in [0.15, 0.2) is 5.65 Å². The van der Waals surface area contributed by atoms with Crippen LogP contribution in [0.25, 0.3) is 28.2 Å². The fourth-order valence-corrected chi connectivity index (χ4v) is 3.14. The van der Waals surface area contributed by atoms with E-state index in [-0.39, 0.29) is 11.7 Å². The van der Waals surface area contributed by atoms with Crippen LogP contribution in [-0.2, 0) is 0 Å². The fourth-order valence-electron chi connectivity index (χ4n) is 3.14. The first-order chi connectivity index (χ1) is 14.5. The Hall–Kier alpha value is -3.58. The number of fused-ring (bicyclic) bond motifs is 1. The highest BCUT2D eigenvalue weighted by Gasteiger charge is 2.17. The standard InChI is InChI=1S/C23H22FN5O/c1-28(2)13-12-25-23(30)21-14-19(17-8-10-18(24)11-9-17)26-22-15-20(27-29(21)22)16-6-4-3-5-7-16/h3-11,14-15H,12-13H2,1-2H3,(H,25,30). The van der Waals surface area contributed by atoms with Gasteiger partial charge in [-0.3, -0.25) is 4.79 Å².